The van der Waals surface area contributed by atoms with Crippen LogP contribution in [0, 0.1) is 11.6 Å². The van der Waals surface area contributed by atoms with Crippen LogP contribution < -0.4 is 10.9 Å². The van der Waals surface area contributed by atoms with Crippen LogP contribution in [-0.4, -0.2) is 35.1 Å². The van der Waals surface area contributed by atoms with Gasteiger partial charge in [0.15, 0.2) is 11.6 Å². The third-order valence-electron chi connectivity index (χ3n) is 6.55. The number of alkyl halides is 1. The summed E-state index contributed by atoms with van der Waals surface area (Å²) in [6.45, 7) is 0.538. The Balaban J connectivity index is 1.53. The second-order valence-corrected chi connectivity index (χ2v) is 8.68. The lowest BCUT2D eigenvalue weighted by Crippen LogP contribution is -2.49. The van der Waals surface area contributed by atoms with Crippen LogP contribution in [0.2, 0.25) is 0 Å². The van der Waals surface area contributed by atoms with E-state index < -0.39 is 34.8 Å². The number of allylic oxidation sites excluding steroid dienone is 3. The highest BCUT2D eigenvalue weighted by Gasteiger charge is 2.43. The number of likely N-dealkylation sites (N-methyl/N-ethyl adjacent to an activating group) is 1. The normalized spacial score (nSPS) is 21.8. The molecule has 1 aliphatic heterocycles. The van der Waals surface area contributed by atoms with Gasteiger partial charge in [-0.15, -0.1) is 0 Å². The number of benzene rings is 2. The first-order valence-electron chi connectivity index (χ1n) is 10.9. The van der Waals surface area contributed by atoms with Crippen molar-refractivity contribution in [3.8, 4) is 0 Å². The van der Waals surface area contributed by atoms with Crippen LogP contribution in [-0.2, 0) is 11.3 Å². The minimum Gasteiger partial charge on any atom is -0.334 e. The molecule has 2 aromatic carbocycles. The molecule has 1 aliphatic carbocycles. The van der Waals surface area contributed by atoms with Gasteiger partial charge in [-0.25, -0.2) is 13.2 Å². The molecule has 1 amide bonds. The molecule has 2 atom stereocenters. The van der Waals surface area contributed by atoms with Gasteiger partial charge in [-0.2, -0.15) is 0 Å². The summed E-state index contributed by atoms with van der Waals surface area (Å²) in [4.78, 5) is 29.9. The Morgan fingerprint density at radius 2 is 1.82 bits per heavy atom. The van der Waals surface area contributed by atoms with Crippen LogP contribution in [0.1, 0.15) is 29.3 Å². The van der Waals surface area contributed by atoms with Gasteiger partial charge >= 0.3 is 0 Å². The molecule has 174 valence electrons. The summed E-state index contributed by atoms with van der Waals surface area (Å²) in [5.74, 6) is -2.99. The Bertz CT molecular complexity index is 1410. The van der Waals surface area contributed by atoms with E-state index in [1.165, 1.54) is 24.1 Å². The fourth-order valence-corrected chi connectivity index (χ4v) is 4.82. The minimum atomic E-state index is -2.28. The molecule has 0 radical (unpaired) electrons. The Morgan fingerprint density at radius 1 is 1.12 bits per heavy atom. The van der Waals surface area contributed by atoms with E-state index in [9.17, 15) is 18.4 Å². The number of carbonyl (C=O) groups excluding carboxylic acids is 1. The number of rotatable bonds is 3. The smallest absolute Gasteiger partial charge is 0.264 e. The molecule has 0 saturated carbocycles. The molecule has 1 aromatic heterocycles. The number of nitrogens with zero attached hydrogens (tertiary/aromatic N) is 1. The minimum absolute atomic E-state index is 0.0211. The monoisotopic (exact) mass is 465 g/mol. The Morgan fingerprint density at radius 3 is 2.56 bits per heavy atom. The molecule has 3 aromatic rings. The number of aromatic nitrogens is 1. The molecule has 5 nitrogen and oxygen atoms in total. The van der Waals surface area contributed by atoms with Gasteiger partial charge in [0.25, 0.3) is 11.5 Å². The fraction of sp³-hybridized carbons (Fsp3) is 0.231. The maximum absolute atomic E-state index is 16.1. The van der Waals surface area contributed by atoms with Gasteiger partial charge in [0.05, 0.1) is 11.4 Å². The summed E-state index contributed by atoms with van der Waals surface area (Å²) in [7, 11) is 1.48. The van der Waals surface area contributed by atoms with E-state index in [0.29, 0.717) is 16.8 Å². The lowest BCUT2D eigenvalue weighted by molar-refractivity contribution is -0.141. The van der Waals surface area contributed by atoms with Crippen molar-refractivity contribution in [1.82, 2.24) is 15.2 Å². The van der Waals surface area contributed by atoms with Gasteiger partial charge in [-0.1, -0.05) is 42.5 Å². The van der Waals surface area contributed by atoms with Crippen molar-refractivity contribution in [2.75, 3.05) is 13.6 Å². The molecule has 1 unspecified atom stereocenters. The third kappa shape index (κ3) is 3.64. The van der Waals surface area contributed by atoms with Crippen LogP contribution in [0.4, 0.5) is 13.2 Å². The Hall–Kier alpha value is -3.65. The average Bonchev–Trinajstić information content (AvgIpc) is 2.84. The van der Waals surface area contributed by atoms with E-state index in [1.807, 2.05) is 30.3 Å². The van der Waals surface area contributed by atoms with Crippen LogP contribution >= 0.6 is 0 Å². The van der Waals surface area contributed by atoms with Crippen LogP contribution in [0.25, 0.3) is 16.3 Å². The molecule has 5 rings (SSSR count). The van der Waals surface area contributed by atoms with Crippen molar-refractivity contribution in [3.05, 3.63) is 99.5 Å². The van der Waals surface area contributed by atoms with Gasteiger partial charge < -0.3 is 15.2 Å². The van der Waals surface area contributed by atoms with Gasteiger partial charge in [0.2, 0.25) is 5.67 Å². The highest BCUT2D eigenvalue weighted by atomic mass is 19.2. The number of pyridine rings is 1. The molecule has 2 heterocycles. The summed E-state index contributed by atoms with van der Waals surface area (Å²) in [6.07, 6.45) is 4.44. The van der Waals surface area contributed by atoms with Gasteiger partial charge in [0, 0.05) is 37.8 Å². The Kier molecular flexibility index (Phi) is 5.40. The lowest BCUT2D eigenvalue weighted by atomic mass is 9.85. The van der Waals surface area contributed by atoms with Gasteiger partial charge in [-0.05, 0) is 34.7 Å². The molecule has 0 saturated heterocycles. The quantitative estimate of drug-likeness (QED) is 0.611. The van der Waals surface area contributed by atoms with Crippen LogP contribution in [0.15, 0.2) is 65.5 Å². The summed E-state index contributed by atoms with van der Waals surface area (Å²) >= 11 is 0. The van der Waals surface area contributed by atoms with Gasteiger partial charge in [-0.3, -0.25) is 9.59 Å². The topological polar surface area (TPSA) is 65.2 Å². The standard InChI is InChI=1S/C26H22F3N3O2/c1-32(25(34)26(29)9-5-8-16(12-26)15-6-3-2-4-7-15)22-14-30-13-21-23(22)17-10-19(27)20(28)11-18(17)24(33)31-21/h2-11,22,30H,12-14H2,1H3,(H,31,33)/t22?,26-/m0/s1. The lowest BCUT2D eigenvalue weighted by Gasteiger charge is -2.38. The highest BCUT2D eigenvalue weighted by molar-refractivity contribution is 5.92. The van der Waals surface area contributed by atoms with E-state index in [4.69, 9.17) is 0 Å². The second-order valence-electron chi connectivity index (χ2n) is 8.68. The first-order chi connectivity index (χ1) is 16.3. The molecule has 2 N–H and O–H groups in total. The molecular formula is C26H22F3N3O2. The van der Waals surface area contributed by atoms with E-state index in [2.05, 4.69) is 10.3 Å². The number of carbonyl (C=O) groups is 1. The third-order valence-corrected chi connectivity index (χ3v) is 6.55. The van der Waals surface area contributed by atoms with E-state index >= 15 is 4.39 Å². The SMILES string of the molecule is CN(C(=O)[C@]1(F)C=CC=C(c2ccccc2)C1)C1CNCc2[nH]c(=O)c3cc(F)c(F)cc3c21. The number of amides is 1. The van der Waals surface area contributed by atoms with Crippen molar-refractivity contribution >= 4 is 22.3 Å². The zero-order valence-corrected chi connectivity index (χ0v) is 18.4. The summed E-state index contributed by atoms with van der Waals surface area (Å²) in [5, 5.41) is 3.30. The number of fused-ring (bicyclic) bond motifs is 3. The second kappa shape index (κ2) is 8.29. The number of halogens is 3. The van der Waals surface area contributed by atoms with Crippen molar-refractivity contribution in [2.45, 2.75) is 24.7 Å². The zero-order chi connectivity index (χ0) is 24.0. The Labute approximate surface area is 193 Å². The molecule has 0 fully saturated rings. The number of H-pyrrole nitrogens is 1. The first kappa shape index (κ1) is 22.2. The molecule has 0 spiro atoms. The fourth-order valence-electron chi connectivity index (χ4n) is 4.82. The molecule has 34 heavy (non-hydrogen) atoms. The number of aromatic amines is 1. The average molecular weight is 465 g/mol. The van der Waals surface area contributed by atoms with Crippen LogP contribution in [0.3, 0.4) is 0 Å². The molecule has 2 aliphatic rings. The molecular weight excluding hydrogens is 443 g/mol. The predicted octanol–water partition coefficient (Wildman–Crippen LogP) is 4.16. The summed E-state index contributed by atoms with van der Waals surface area (Å²) < 4.78 is 44.1. The number of nitrogens with one attached hydrogen (secondary N) is 2. The predicted molar refractivity (Wildman–Crippen MR) is 124 cm³/mol. The summed E-state index contributed by atoms with van der Waals surface area (Å²) in [5.41, 5.74) is -0.376. The molecule has 0 bridgehead atoms. The van der Waals surface area contributed by atoms with Crippen LogP contribution in [0.5, 0.6) is 0 Å². The largest absolute Gasteiger partial charge is 0.334 e. The van der Waals surface area contributed by atoms with E-state index in [0.717, 1.165) is 17.7 Å². The summed E-state index contributed by atoms with van der Waals surface area (Å²) in [6, 6.07) is 10.4. The number of hydrogen-bond acceptors (Lipinski definition) is 3. The highest BCUT2D eigenvalue weighted by Crippen LogP contribution is 2.38. The number of hydrogen-bond donors (Lipinski definition) is 2. The van der Waals surface area contributed by atoms with Crippen molar-refractivity contribution < 1.29 is 18.0 Å². The first-order valence-corrected chi connectivity index (χ1v) is 10.9. The van der Waals surface area contributed by atoms with Gasteiger partial charge in [0.1, 0.15) is 0 Å². The van der Waals surface area contributed by atoms with Crippen molar-refractivity contribution in [2.24, 2.45) is 0 Å². The van der Waals surface area contributed by atoms with E-state index in [1.54, 1.807) is 6.08 Å². The van der Waals surface area contributed by atoms with E-state index in [-0.39, 0.29) is 30.3 Å². The maximum Gasteiger partial charge on any atom is 0.264 e. The maximum atomic E-state index is 16.1. The molecule has 8 heteroatoms. The van der Waals surface area contributed by atoms with Crippen molar-refractivity contribution in [3.63, 3.8) is 0 Å². The van der Waals surface area contributed by atoms with Crippen molar-refractivity contribution in [1.29, 1.82) is 0 Å². The zero-order valence-electron chi connectivity index (χ0n) is 18.4.